The Morgan fingerprint density at radius 1 is 1.24 bits per heavy atom. The van der Waals surface area contributed by atoms with Crippen molar-refractivity contribution in [2.24, 2.45) is 0 Å². The molecular formula is C13H16BrN3O3S. The zero-order chi connectivity index (χ0) is 15.0. The number of anilines is 1. The second-order valence-electron chi connectivity index (χ2n) is 5.31. The molecule has 3 N–H and O–H groups in total. The van der Waals surface area contributed by atoms with E-state index in [1.165, 1.54) is 0 Å². The minimum absolute atomic E-state index is 0.0452. The average molecular weight is 374 g/mol. The van der Waals surface area contributed by atoms with Gasteiger partial charge in [-0.3, -0.25) is 4.79 Å². The second-order valence-corrected chi connectivity index (χ2v) is 7.85. The molecule has 2 aliphatic rings. The normalized spacial score (nSPS) is 19.4. The van der Waals surface area contributed by atoms with Gasteiger partial charge in [0.1, 0.15) is 0 Å². The molecule has 1 aromatic carbocycles. The minimum Gasteiger partial charge on any atom is -0.325 e. The Morgan fingerprint density at radius 3 is 2.67 bits per heavy atom. The molecule has 6 nitrogen and oxygen atoms in total. The molecule has 3 rings (SSSR count). The maximum absolute atomic E-state index is 12.5. The lowest BCUT2D eigenvalue weighted by atomic mass is 10.1. The predicted molar refractivity (Wildman–Crippen MR) is 82.7 cm³/mol. The first-order valence-electron chi connectivity index (χ1n) is 6.81. The first-order chi connectivity index (χ1) is 9.95. The molecular weight excluding hydrogens is 358 g/mol. The largest absolute Gasteiger partial charge is 0.325 e. The van der Waals surface area contributed by atoms with Gasteiger partial charge < -0.3 is 10.6 Å². The smallest absolute Gasteiger partial charge is 0.241 e. The van der Waals surface area contributed by atoms with Crippen LogP contribution in [-0.4, -0.2) is 33.5 Å². The summed E-state index contributed by atoms with van der Waals surface area (Å²) in [6.07, 6.45) is 1.78. The van der Waals surface area contributed by atoms with Gasteiger partial charge in [-0.15, -0.1) is 0 Å². The average Bonchev–Trinajstić information content (AvgIpc) is 2.77. The van der Waals surface area contributed by atoms with Gasteiger partial charge in [0.2, 0.25) is 15.9 Å². The molecule has 0 bridgehead atoms. The van der Waals surface area contributed by atoms with Gasteiger partial charge in [-0.2, -0.15) is 0 Å². The molecule has 114 valence electrons. The topological polar surface area (TPSA) is 87.3 Å². The summed E-state index contributed by atoms with van der Waals surface area (Å²) in [5.74, 6) is -0.113. The van der Waals surface area contributed by atoms with Crippen LogP contribution in [0, 0.1) is 0 Å². The van der Waals surface area contributed by atoms with Crippen LogP contribution in [0.5, 0.6) is 0 Å². The molecule has 2 heterocycles. The Labute approximate surface area is 131 Å². The van der Waals surface area contributed by atoms with Crippen molar-refractivity contribution >= 4 is 37.5 Å². The van der Waals surface area contributed by atoms with Gasteiger partial charge in [-0.1, -0.05) is 0 Å². The number of benzene rings is 1. The van der Waals surface area contributed by atoms with Crippen molar-refractivity contribution in [2.45, 2.75) is 30.2 Å². The van der Waals surface area contributed by atoms with E-state index in [0.717, 1.165) is 25.9 Å². The van der Waals surface area contributed by atoms with Gasteiger partial charge in [0.15, 0.2) is 0 Å². The van der Waals surface area contributed by atoms with E-state index in [9.17, 15) is 13.2 Å². The van der Waals surface area contributed by atoms with Crippen molar-refractivity contribution in [3.63, 3.8) is 0 Å². The Balaban J connectivity index is 1.88. The molecule has 0 unspecified atom stereocenters. The highest BCUT2D eigenvalue weighted by Crippen LogP contribution is 2.32. The molecule has 0 saturated carbocycles. The lowest BCUT2D eigenvalue weighted by Gasteiger charge is -2.23. The van der Waals surface area contributed by atoms with Crippen LogP contribution in [0.25, 0.3) is 0 Å². The highest BCUT2D eigenvalue weighted by atomic mass is 79.9. The van der Waals surface area contributed by atoms with Crippen LogP contribution < -0.4 is 15.4 Å². The number of hydrogen-bond acceptors (Lipinski definition) is 4. The Morgan fingerprint density at radius 2 is 1.95 bits per heavy atom. The van der Waals surface area contributed by atoms with Gasteiger partial charge in [-0.05, 0) is 59.6 Å². The summed E-state index contributed by atoms with van der Waals surface area (Å²) in [6, 6.07) is 3.17. The number of hydrogen-bond donors (Lipinski definition) is 3. The number of amides is 1. The van der Waals surface area contributed by atoms with Crippen molar-refractivity contribution in [3.05, 3.63) is 22.2 Å². The molecule has 1 fully saturated rings. The fraction of sp³-hybridized carbons (Fsp3) is 0.462. The van der Waals surface area contributed by atoms with Crippen LogP contribution in [-0.2, 0) is 21.2 Å². The number of carbonyl (C=O) groups excluding carboxylic acids is 1. The number of halogens is 1. The molecule has 0 aliphatic carbocycles. The quantitative estimate of drug-likeness (QED) is 0.736. The molecule has 21 heavy (non-hydrogen) atoms. The molecule has 8 heteroatoms. The van der Waals surface area contributed by atoms with Crippen LogP contribution in [0.4, 0.5) is 5.69 Å². The third kappa shape index (κ3) is 3.13. The fourth-order valence-corrected chi connectivity index (χ4v) is 5.05. The molecule has 1 amide bonds. The first-order valence-corrected chi connectivity index (χ1v) is 9.08. The van der Waals surface area contributed by atoms with Crippen LogP contribution in [0.1, 0.15) is 18.4 Å². The van der Waals surface area contributed by atoms with E-state index < -0.39 is 10.0 Å². The van der Waals surface area contributed by atoms with Crippen LogP contribution >= 0.6 is 15.9 Å². The maximum atomic E-state index is 12.5. The van der Waals surface area contributed by atoms with E-state index in [1.54, 1.807) is 12.1 Å². The molecule has 0 radical (unpaired) electrons. The van der Waals surface area contributed by atoms with Gasteiger partial charge >= 0.3 is 0 Å². The van der Waals surface area contributed by atoms with E-state index in [2.05, 4.69) is 31.3 Å². The predicted octanol–water partition coefficient (Wildman–Crippen LogP) is 0.974. The van der Waals surface area contributed by atoms with Crippen molar-refractivity contribution in [3.8, 4) is 0 Å². The number of nitrogens with one attached hydrogen (secondary N) is 3. The summed E-state index contributed by atoms with van der Waals surface area (Å²) in [6.45, 7) is 1.63. The highest BCUT2D eigenvalue weighted by Gasteiger charge is 2.27. The molecule has 2 aliphatic heterocycles. The Hall–Kier alpha value is -0.960. The Bertz CT molecular complexity index is 684. The van der Waals surface area contributed by atoms with Gasteiger partial charge in [0.05, 0.1) is 11.3 Å². The fourth-order valence-electron chi connectivity index (χ4n) is 2.65. The lowest BCUT2D eigenvalue weighted by Crippen LogP contribution is -2.42. The standard InChI is InChI=1S/C13H16BrN3O3S/c14-10-7-11-8(6-13(18)16-11)5-12(10)21(19,20)17-9-1-3-15-4-2-9/h5,7,9,15,17H,1-4,6H2,(H,16,18). The van der Waals surface area contributed by atoms with Crippen molar-refractivity contribution in [1.29, 1.82) is 0 Å². The van der Waals surface area contributed by atoms with E-state index >= 15 is 0 Å². The number of rotatable bonds is 3. The molecule has 0 spiro atoms. The molecule has 0 aromatic heterocycles. The first kappa shape index (κ1) is 15.0. The number of carbonyl (C=O) groups is 1. The number of piperidine rings is 1. The van der Waals surface area contributed by atoms with Crippen LogP contribution in [0.3, 0.4) is 0 Å². The summed E-state index contributed by atoms with van der Waals surface area (Å²) in [5, 5.41) is 5.91. The van der Waals surface area contributed by atoms with Crippen molar-refractivity contribution in [1.82, 2.24) is 10.0 Å². The Kier molecular flexibility index (Phi) is 4.04. The molecule has 1 aromatic rings. The third-order valence-electron chi connectivity index (χ3n) is 3.73. The zero-order valence-corrected chi connectivity index (χ0v) is 13.7. The van der Waals surface area contributed by atoms with Crippen molar-refractivity contribution < 1.29 is 13.2 Å². The summed E-state index contributed by atoms with van der Waals surface area (Å²) in [5.41, 5.74) is 1.39. The van der Waals surface area contributed by atoms with Gasteiger partial charge in [0.25, 0.3) is 0 Å². The SMILES string of the molecule is O=C1Cc2cc(S(=O)(=O)NC3CCNCC3)c(Br)cc2N1. The lowest BCUT2D eigenvalue weighted by molar-refractivity contribution is -0.115. The van der Waals surface area contributed by atoms with Crippen LogP contribution in [0.15, 0.2) is 21.5 Å². The monoisotopic (exact) mass is 373 g/mol. The van der Waals surface area contributed by atoms with E-state index in [1.807, 2.05) is 0 Å². The van der Waals surface area contributed by atoms with E-state index in [4.69, 9.17) is 0 Å². The number of fused-ring (bicyclic) bond motifs is 1. The molecule has 1 saturated heterocycles. The van der Waals surface area contributed by atoms with Crippen LogP contribution in [0.2, 0.25) is 0 Å². The summed E-state index contributed by atoms with van der Waals surface area (Å²) >= 11 is 3.29. The summed E-state index contributed by atoms with van der Waals surface area (Å²) in [4.78, 5) is 11.6. The second kappa shape index (κ2) is 5.68. The maximum Gasteiger partial charge on any atom is 0.241 e. The van der Waals surface area contributed by atoms with Crippen molar-refractivity contribution in [2.75, 3.05) is 18.4 Å². The molecule has 0 atom stereocenters. The highest BCUT2D eigenvalue weighted by molar-refractivity contribution is 9.10. The van der Waals surface area contributed by atoms with Gasteiger partial charge in [0, 0.05) is 16.2 Å². The summed E-state index contributed by atoms with van der Waals surface area (Å²) < 4.78 is 28.3. The van der Waals surface area contributed by atoms with E-state index in [-0.39, 0.29) is 23.3 Å². The van der Waals surface area contributed by atoms with Gasteiger partial charge in [-0.25, -0.2) is 13.1 Å². The zero-order valence-electron chi connectivity index (χ0n) is 11.3. The third-order valence-corrected chi connectivity index (χ3v) is 6.21. The number of sulfonamides is 1. The summed E-state index contributed by atoms with van der Waals surface area (Å²) in [7, 11) is -3.59. The minimum atomic E-state index is -3.59. The van der Waals surface area contributed by atoms with E-state index in [0.29, 0.717) is 15.7 Å².